The van der Waals surface area contributed by atoms with Gasteiger partial charge >= 0.3 is 0 Å². The van der Waals surface area contributed by atoms with Crippen molar-refractivity contribution in [1.29, 1.82) is 0 Å². The molecular weight excluding hydrogens is 1240 g/mol. The highest BCUT2D eigenvalue weighted by molar-refractivity contribution is 4.84. The van der Waals surface area contributed by atoms with Crippen molar-refractivity contribution in [3.8, 4) is 0 Å². The van der Waals surface area contributed by atoms with E-state index in [1.54, 1.807) is 0 Å². The van der Waals surface area contributed by atoms with E-state index in [0.717, 1.165) is 0 Å². The molecule has 91 heavy (non-hydrogen) atoms. The van der Waals surface area contributed by atoms with Crippen molar-refractivity contribution >= 4 is 0 Å². The van der Waals surface area contributed by atoms with Crippen molar-refractivity contribution < 1.29 is 193 Å². The average Bonchev–Trinajstić information content (AvgIpc) is 2.98. The predicted octanol–water partition coefficient (Wildman–Crippen LogP) is -16.1. The summed E-state index contributed by atoms with van der Waals surface area (Å²) in [5.41, 5.74) is -7.79. The molecule has 38 nitrogen and oxygen atoms in total. The van der Waals surface area contributed by atoms with Crippen molar-refractivity contribution in [1.82, 2.24) is 0 Å². The number of aliphatic hydroxyl groups is 34. The molecule has 0 aliphatic heterocycles. The smallest absolute Gasteiger partial charge is 0.111 e. The second-order valence-corrected chi connectivity index (χ2v) is 21.4. The first-order chi connectivity index (χ1) is 42.0. The number of rotatable bonds is 47. The Morgan fingerprint density at radius 1 is 0.220 bits per heavy atom. The summed E-state index contributed by atoms with van der Waals surface area (Å²) in [7, 11) is 0. The van der Waals surface area contributed by atoms with E-state index in [1.165, 1.54) is 0 Å². The van der Waals surface area contributed by atoms with Crippen LogP contribution in [0.1, 0.15) is 28.2 Å². The lowest BCUT2D eigenvalue weighted by Crippen LogP contribution is -2.46. The topological polar surface area (TPSA) is 725 Å². The van der Waals surface area contributed by atoms with Gasteiger partial charge in [-0.3, -0.25) is 0 Å². The molecule has 0 aromatic heterocycles. The Morgan fingerprint density at radius 2 is 0.396 bits per heavy atom. The van der Waals surface area contributed by atoms with Crippen LogP contribution in [0.3, 0.4) is 0 Å². The zero-order valence-electron chi connectivity index (χ0n) is 50.8. The first-order valence-electron chi connectivity index (χ1n) is 27.5. The molecule has 0 aromatic carbocycles. The summed E-state index contributed by atoms with van der Waals surface area (Å²) in [6.07, 6.45) is -8.58. The van der Waals surface area contributed by atoms with E-state index in [1.807, 2.05) is 6.92 Å². The lowest BCUT2D eigenvalue weighted by Gasteiger charge is -2.34. The van der Waals surface area contributed by atoms with Crippen LogP contribution in [0.25, 0.3) is 0 Å². The van der Waals surface area contributed by atoms with Crippen molar-refractivity contribution in [3.05, 3.63) is 0 Å². The van der Waals surface area contributed by atoms with E-state index < -0.39 is 213 Å². The van der Waals surface area contributed by atoms with Gasteiger partial charge in [0.25, 0.3) is 0 Å². The van der Waals surface area contributed by atoms with Crippen LogP contribution < -0.4 is 0 Å². The van der Waals surface area contributed by atoms with Gasteiger partial charge < -0.3 is 193 Å². The molecule has 0 radical (unpaired) electrons. The third-order valence-electron chi connectivity index (χ3n) is 13.2. The molecule has 0 aliphatic rings. The SMILES string of the molecule is C.C.CCC(CO)(CO)CO.OCC(CO)(CO)CO.OCC(CO)(CO)COCC(CO)(CO)CO.OCC(CO)(CO)COCC(CO)(CO)COCC(CO)(CO)CO.OCC(O)C(O)C(O)C(O)CO.OCC(O)CO.OCC(O)COCC(O)CO. The lowest BCUT2D eigenvalue weighted by molar-refractivity contribution is -0.127. The van der Waals surface area contributed by atoms with Crippen LogP contribution in [0.15, 0.2) is 0 Å². The van der Waals surface area contributed by atoms with Crippen LogP contribution in [0, 0.1) is 37.9 Å². The highest BCUT2D eigenvalue weighted by Crippen LogP contribution is 2.24. The quantitative estimate of drug-likeness (QED) is 0.0269. The van der Waals surface area contributed by atoms with Crippen LogP contribution in [-0.2, 0) is 18.9 Å². The van der Waals surface area contributed by atoms with Gasteiger partial charge in [-0.15, -0.1) is 0 Å². The van der Waals surface area contributed by atoms with E-state index in [2.05, 4.69) is 0 Å². The average molecular weight is 1370 g/mol. The first kappa shape index (κ1) is 108. The maximum Gasteiger partial charge on any atom is 0.111 e. The zero-order valence-corrected chi connectivity index (χ0v) is 50.8. The summed E-state index contributed by atoms with van der Waals surface area (Å²) < 4.78 is 20.6. The highest BCUT2D eigenvalue weighted by Gasteiger charge is 2.37. The molecule has 0 spiro atoms. The molecule has 0 bridgehead atoms. The summed E-state index contributed by atoms with van der Waals surface area (Å²) in [5, 5.41) is 299. The van der Waals surface area contributed by atoms with Crippen molar-refractivity contribution in [2.24, 2.45) is 37.9 Å². The Bertz CT molecular complexity index is 1260. The molecule has 0 saturated heterocycles. The van der Waals surface area contributed by atoms with Crippen molar-refractivity contribution in [3.63, 3.8) is 0 Å². The minimum absolute atomic E-state index is 0. The minimum atomic E-state index is -1.67. The van der Waals surface area contributed by atoms with E-state index in [9.17, 15) is 40.9 Å². The summed E-state index contributed by atoms with van der Waals surface area (Å²) in [6.45, 7) is -11.1. The van der Waals surface area contributed by atoms with Crippen LogP contribution in [-0.4, -0.2) is 448 Å². The standard InChI is InChI=1S/C15H32O10.C10H22O7.C6H14O6.C6H14O5.C6H14O3.C5H12O4.C3H8O3.2CH4/c16-1-13(2-17,3-18)9-24-11-15(7-22,8-23)12-25-10-14(4-19,5-20)6-21;11-1-9(2-12,3-13)7-17-8-10(4-14,5-15)6-16;7-1-3(9)5(11)6(12)4(10)2-8;7-1-5(9)3-11-4-6(10)2-8;1-2-6(3-7,4-8)5-9;6-1-5(2-7,3-8)4-9;4-1-3(6)2-5;;/h16-23H,1-12H2;11-16H,1-8H2;3-12H,1-2H2;5-10H,1-4H2;7-9H,2-5H2,1H3;6-9H,1-4H2;3-6H,1-2H2;2*1H4. The number of ether oxygens (including phenoxy) is 4. The van der Waals surface area contributed by atoms with Gasteiger partial charge in [0.1, 0.15) is 42.7 Å². The van der Waals surface area contributed by atoms with Gasteiger partial charge in [0.15, 0.2) is 0 Å². The first-order valence-corrected chi connectivity index (χ1v) is 27.5. The lowest BCUT2D eigenvalue weighted by atomic mass is 9.88. The highest BCUT2D eigenvalue weighted by atomic mass is 16.5. The molecule has 0 saturated carbocycles. The minimum Gasteiger partial charge on any atom is -0.396 e. The Balaban J connectivity index is -0.000000129. The third-order valence-corrected chi connectivity index (χ3v) is 13.2. The van der Waals surface area contributed by atoms with Gasteiger partial charge in [0.05, 0.1) is 264 Å². The fourth-order valence-corrected chi connectivity index (χ4v) is 4.83. The molecule has 0 aliphatic carbocycles. The van der Waals surface area contributed by atoms with E-state index >= 15 is 0 Å². The van der Waals surface area contributed by atoms with Crippen molar-refractivity contribution in [2.45, 2.75) is 70.9 Å². The summed E-state index contributed by atoms with van der Waals surface area (Å²) in [5.74, 6) is 0. The maximum absolute atomic E-state index is 9.56. The van der Waals surface area contributed by atoms with Crippen LogP contribution in [0.2, 0.25) is 0 Å². The predicted molar refractivity (Wildman–Crippen MR) is 317 cm³/mol. The summed E-state index contributed by atoms with van der Waals surface area (Å²) in [4.78, 5) is 0. The number of hydrogen-bond donors (Lipinski definition) is 34. The molecule has 6 atom stereocenters. The fraction of sp³-hybridized carbons (Fsp3) is 1.00. The number of aliphatic hydroxyl groups excluding tert-OH is 34. The van der Waals surface area contributed by atoms with Crippen LogP contribution in [0.5, 0.6) is 0 Å². The van der Waals surface area contributed by atoms with E-state index in [4.69, 9.17) is 152 Å². The molecule has 0 heterocycles. The Hall–Kier alpha value is -1.52. The van der Waals surface area contributed by atoms with Gasteiger partial charge in [-0.1, -0.05) is 21.8 Å². The van der Waals surface area contributed by atoms with E-state index in [-0.39, 0.29) is 114 Å². The molecule has 38 heteroatoms. The molecule has 0 rings (SSSR count). The zero-order chi connectivity index (χ0) is 70.8. The second kappa shape index (κ2) is 65.8. The van der Waals surface area contributed by atoms with Gasteiger partial charge in [-0.05, 0) is 6.42 Å². The third kappa shape index (κ3) is 47.1. The molecule has 564 valence electrons. The largest absolute Gasteiger partial charge is 0.396 e. The van der Waals surface area contributed by atoms with Gasteiger partial charge in [-0.2, -0.15) is 0 Å². The Labute approximate surface area is 531 Å². The Morgan fingerprint density at radius 3 is 0.505 bits per heavy atom. The maximum atomic E-state index is 9.56. The Kier molecular flexibility index (Phi) is 78.1. The van der Waals surface area contributed by atoms with Crippen LogP contribution in [0.4, 0.5) is 0 Å². The summed E-state index contributed by atoms with van der Waals surface area (Å²) >= 11 is 0. The van der Waals surface area contributed by atoms with Crippen molar-refractivity contribution in [2.75, 3.05) is 231 Å². The molecular formula is C53H124O38. The van der Waals surface area contributed by atoms with Gasteiger partial charge in [-0.25, -0.2) is 0 Å². The van der Waals surface area contributed by atoms with Gasteiger partial charge in [0, 0.05) is 5.41 Å². The molecule has 0 aromatic rings. The molecule has 34 N–H and O–H groups in total. The summed E-state index contributed by atoms with van der Waals surface area (Å²) in [6, 6.07) is 0. The van der Waals surface area contributed by atoms with Crippen LogP contribution >= 0.6 is 0 Å². The molecule has 0 amide bonds. The normalized spacial score (nSPS) is 14.0. The van der Waals surface area contributed by atoms with Gasteiger partial charge in [0.2, 0.25) is 0 Å². The monoisotopic (exact) mass is 1370 g/mol. The molecule has 6 unspecified atom stereocenters. The van der Waals surface area contributed by atoms with E-state index in [0.29, 0.717) is 6.42 Å². The second-order valence-electron chi connectivity index (χ2n) is 21.4. The fourth-order valence-electron chi connectivity index (χ4n) is 4.83. The number of hydrogen-bond acceptors (Lipinski definition) is 38. The molecule has 0 fully saturated rings.